The summed E-state index contributed by atoms with van der Waals surface area (Å²) >= 11 is 6.29. The number of rotatable bonds is 1. The second-order valence-corrected chi connectivity index (χ2v) is 10.7. The molecule has 6 rings (SSSR count). The van der Waals surface area contributed by atoms with Crippen molar-refractivity contribution in [3.8, 4) is 5.75 Å². The number of nitrogens with zero attached hydrogens (tertiary/aromatic N) is 6. The molecule has 10 nitrogen and oxygen atoms in total. The van der Waals surface area contributed by atoms with Crippen molar-refractivity contribution in [1.29, 1.82) is 0 Å². The van der Waals surface area contributed by atoms with Gasteiger partial charge in [0.1, 0.15) is 17.4 Å². The fourth-order valence-electron chi connectivity index (χ4n) is 5.62. The fourth-order valence-corrected chi connectivity index (χ4v) is 5.79. The first-order valence-corrected chi connectivity index (χ1v) is 13.6. The number of ether oxygens (including phenoxy) is 1. The normalized spacial score (nSPS) is 20.6. The van der Waals surface area contributed by atoms with Crippen LogP contribution in [0.2, 0.25) is 5.02 Å². The van der Waals surface area contributed by atoms with Crippen molar-refractivity contribution in [2.24, 2.45) is 0 Å². The Labute approximate surface area is 226 Å². The van der Waals surface area contributed by atoms with Crippen LogP contribution in [0.5, 0.6) is 5.75 Å². The third kappa shape index (κ3) is 4.40. The number of hydrogen-bond acceptors (Lipinski definition) is 7. The van der Waals surface area contributed by atoms with Gasteiger partial charge in [0, 0.05) is 56.4 Å². The highest BCUT2D eigenvalue weighted by Gasteiger charge is 2.33. The van der Waals surface area contributed by atoms with Crippen LogP contribution >= 0.6 is 11.6 Å². The molecule has 2 fully saturated rings. The van der Waals surface area contributed by atoms with Crippen molar-refractivity contribution in [2.45, 2.75) is 38.6 Å². The molecule has 3 aliphatic rings. The number of aromatic nitrogens is 3. The summed E-state index contributed by atoms with van der Waals surface area (Å²) in [7, 11) is 2.01. The zero-order valence-corrected chi connectivity index (χ0v) is 22.5. The van der Waals surface area contributed by atoms with Gasteiger partial charge in [-0.25, -0.2) is 4.98 Å². The molecule has 0 aliphatic carbocycles. The molecule has 0 radical (unpaired) electrons. The first kappa shape index (κ1) is 24.8. The van der Waals surface area contributed by atoms with Gasteiger partial charge in [-0.2, -0.15) is 9.61 Å². The molecule has 2 bridgehead atoms. The highest BCUT2D eigenvalue weighted by molar-refractivity contribution is 6.31. The Balaban J connectivity index is 1.49. The average Bonchev–Trinajstić information content (AvgIpc) is 3.29. The van der Waals surface area contributed by atoms with Crippen LogP contribution in [0.15, 0.2) is 24.3 Å². The Bertz CT molecular complexity index is 1400. The minimum atomic E-state index is -0.256. The Hall–Kier alpha value is -3.53. The van der Waals surface area contributed by atoms with Gasteiger partial charge < -0.3 is 24.8 Å². The number of carbonyl (C=O) groups is 2. The van der Waals surface area contributed by atoms with Gasteiger partial charge in [0.05, 0.1) is 17.3 Å². The van der Waals surface area contributed by atoms with Crippen LogP contribution < -0.4 is 19.9 Å². The standard InChI is InChI=1S/C27H32ClN7O3/c1-17-25(33-10-5-11-33)30-23-15-20-21-6-3-4-12-34(21)27(37)19-14-18(28)7-8-22(19)38-16-24(36)29-9-13-32(2)26(17)35(23)31-20/h7-8,14-15,21H,3-6,9-13,16H2,1-2H3,(H,29,36). The molecule has 2 amide bonds. The molecule has 3 aliphatic heterocycles. The second-order valence-electron chi connectivity index (χ2n) is 10.3. The minimum Gasteiger partial charge on any atom is -0.483 e. The van der Waals surface area contributed by atoms with E-state index in [1.807, 2.05) is 22.5 Å². The van der Waals surface area contributed by atoms with Gasteiger partial charge in [-0.15, -0.1) is 0 Å². The molecule has 11 heteroatoms. The lowest BCUT2D eigenvalue weighted by Crippen LogP contribution is -2.40. The van der Waals surface area contributed by atoms with Crippen molar-refractivity contribution < 1.29 is 14.3 Å². The number of piperidine rings is 1. The van der Waals surface area contributed by atoms with Crippen LogP contribution in [0.1, 0.15) is 53.3 Å². The first-order chi connectivity index (χ1) is 18.4. The monoisotopic (exact) mass is 537 g/mol. The number of anilines is 2. The van der Waals surface area contributed by atoms with Crippen molar-refractivity contribution in [2.75, 3.05) is 56.2 Å². The summed E-state index contributed by atoms with van der Waals surface area (Å²) in [5, 5.41) is 8.40. The van der Waals surface area contributed by atoms with E-state index in [0.717, 1.165) is 67.3 Å². The molecule has 5 heterocycles. The minimum absolute atomic E-state index is 0.181. The summed E-state index contributed by atoms with van der Waals surface area (Å²) < 4.78 is 7.72. The van der Waals surface area contributed by atoms with Crippen LogP contribution in [0.25, 0.3) is 5.65 Å². The number of benzene rings is 1. The number of amides is 2. The first-order valence-electron chi connectivity index (χ1n) is 13.3. The van der Waals surface area contributed by atoms with E-state index in [-0.39, 0.29) is 24.5 Å². The van der Waals surface area contributed by atoms with E-state index in [2.05, 4.69) is 22.0 Å². The molecule has 3 aromatic rings. The highest BCUT2D eigenvalue weighted by Crippen LogP contribution is 2.37. The van der Waals surface area contributed by atoms with E-state index >= 15 is 0 Å². The Morgan fingerprint density at radius 1 is 1.08 bits per heavy atom. The lowest BCUT2D eigenvalue weighted by molar-refractivity contribution is -0.123. The summed E-state index contributed by atoms with van der Waals surface area (Å²) in [5.74, 6) is 1.81. The molecule has 200 valence electrons. The van der Waals surface area contributed by atoms with Crippen LogP contribution in [-0.2, 0) is 4.79 Å². The van der Waals surface area contributed by atoms with Crippen molar-refractivity contribution >= 4 is 40.7 Å². The fraction of sp³-hybridized carbons (Fsp3) is 0.481. The molecule has 38 heavy (non-hydrogen) atoms. The topological polar surface area (TPSA) is 95.3 Å². The molecule has 1 atom stereocenters. The van der Waals surface area contributed by atoms with Gasteiger partial charge in [-0.1, -0.05) is 11.6 Å². The molecule has 1 N–H and O–H groups in total. The van der Waals surface area contributed by atoms with Crippen molar-refractivity contribution in [1.82, 2.24) is 24.8 Å². The van der Waals surface area contributed by atoms with E-state index in [4.69, 9.17) is 26.4 Å². The number of fused-ring (bicyclic) bond motifs is 4. The number of halogens is 1. The predicted octanol–water partition coefficient (Wildman–Crippen LogP) is 3.21. The zero-order chi connectivity index (χ0) is 26.4. The third-order valence-electron chi connectivity index (χ3n) is 7.72. The van der Waals surface area contributed by atoms with Crippen molar-refractivity contribution in [3.63, 3.8) is 0 Å². The van der Waals surface area contributed by atoms with Crippen LogP contribution in [0.4, 0.5) is 11.6 Å². The zero-order valence-electron chi connectivity index (χ0n) is 21.7. The Morgan fingerprint density at radius 2 is 1.92 bits per heavy atom. The SMILES string of the molecule is Cc1c(N2CCC2)nc2cc3nn2c1N(C)CCNC(=O)COc1ccc(Cl)cc1C(=O)N1CCCCC31. The summed E-state index contributed by atoms with van der Waals surface area (Å²) in [6, 6.07) is 6.75. The van der Waals surface area contributed by atoms with Gasteiger partial charge >= 0.3 is 0 Å². The van der Waals surface area contributed by atoms with E-state index in [1.165, 1.54) is 0 Å². The molecule has 0 saturated carbocycles. The van der Waals surface area contributed by atoms with Gasteiger partial charge in [0.15, 0.2) is 12.3 Å². The molecular weight excluding hydrogens is 506 g/mol. The summed E-state index contributed by atoms with van der Waals surface area (Å²) in [5.41, 5.74) is 2.98. The average molecular weight is 538 g/mol. The van der Waals surface area contributed by atoms with Crippen molar-refractivity contribution in [3.05, 3.63) is 46.1 Å². The van der Waals surface area contributed by atoms with Gasteiger partial charge in [-0.05, 0) is 50.8 Å². The molecule has 2 saturated heterocycles. The van der Waals surface area contributed by atoms with Crippen LogP contribution in [0.3, 0.4) is 0 Å². The summed E-state index contributed by atoms with van der Waals surface area (Å²) in [6.45, 7) is 5.47. The smallest absolute Gasteiger partial charge is 0.258 e. The van der Waals surface area contributed by atoms with Crippen LogP contribution in [0, 0.1) is 6.92 Å². The van der Waals surface area contributed by atoms with E-state index in [9.17, 15) is 9.59 Å². The molecule has 0 spiro atoms. The quantitative estimate of drug-likeness (QED) is 0.509. The summed E-state index contributed by atoms with van der Waals surface area (Å²) in [4.78, 5) is 37.8. The van der Waals surface area contributed by atoms with Gasteiger partial charge in [-0.3, -0.25) is 9.59 Å². The predicted molar refractivity (Wildman–Crippen MR) is 145 cm³/mol. The van der Waals surface area contributed by atoms with Gasteiger partial charge in [0.25, 0.3) is 11.8 Å². The molecular formula is C27H32ClN7O3. The third-order valence-corrected chi connectivity index (χ3v) is 7.96. The largest absolute Gasteiger partial charge is 0.483 e. The second kappa shape index (κ2) is 9.98. The molecule has 1 unspecified atom stereocenters. The van der Waals surface area contributed by atoms with E-state index < -0.39 is 0 Å². The lowest BCUT2D eigenvalue weighted by atomic mass is 9.98. The Morgan fingerprint density at radius 3 is 2.71 bits per heavy atom. The van der Waals surface area contributed by atoms with Crippen LogP contribution in [-0.4, -0.2) is 77.7 Å². The number of hydrogen-bond donors (Lipinski definition) is 1. The summed E-state index contributed by atoms with van der Waals surface area (Å²) in [6.07, 6.45) is 3.86. The Kier molecular flexibility index (Phi) is 6.51. The maximum Gasteiger partial charge on any atom is 0.258 e. The van der Waals surface area contributed by atoms with Gasteiger partial charge in [0.2, 0.25) is 0 Å². The molecule has 1 aromatic carbocycles. The number of carbonyl (C=O) groups excluding carboxylic acids is 2. The highest BCUT2D eigenvalue weighted by atomic mass is 35.5. The maximum atomic E-state index is 13.9. The molecule has 2 aromatic heterocycles. The maximum absolute atomic E-state index is 13.9. The van der Waals surface area contributed by atoms with E-state index in [1.54, 1.807) is 18.2 Å². The van der Waals surface area contributed by atoms with E-state index in [0.29, 0.717) is 36.0 Å². The number of likely N-dealkylation sites (N-methyl/N-ethyl adjacent to an activating group) is 1. The lowest BCUT2D eigenvalue weighted by Gasteiger charge is -2.35. The number of nitrogens with one attached hydrogen (secondary N) is 1.